The second-order valence-electron chi connectivity index (χ2n) is 4.61. The monoisotopic (exact) mass is 298 g/mol. The number of hydrogen-bond donors (Lipinski definition) is 2. The van der Waals surface area contributed by atoms with Crippen LogP contribution >= 0.6 is 0 Å². The van der Waals surface area contributed by atoms with Gasteiger partial charge in [0.15, 0.2) is 0 Å². The van der Waals surface area contributed by atoms with Crippen LogP contribution in [0.15, 0.2) is 60.3 Å². The Bertz CT molecular complexity index is 694. The van der Waals surface area contributed by atoms with Gasteiger partial charge < -0.3 is 10.6 Å². The Hall–Kier alpha value is -2.95. The summed E-state index contributed by atoms with van der Waals surface area (Å²) in [5.74, 6) is -1.22. The molecule has 0 fully saturated rings. The average molecular weight is 298 g/mol. The van der Waals surface area contributed by atoms with Gasteiger partial charge in [-0.1, -0.05) is 30.3 Å². The highest BCUT2D eigenvalue weighted by Crippen LogP contribution is 2.11. The zero-order chi connectivity index (χ0) is 15.9. The average Bonchev–Trinajstić information content (AvgIpc) is 2.49. The molecule has 0 heterocycles. The van der Waals surface area contributed by atoms with Gasteiger partial charge in [0.1, 0.15) is 11.5 Å². The molecule has 0 spiro atoms. The number of nitrogens with one attached hydrogen (secondary N) is 2. The van der Waals surface area contributed by atoms with Crippen molar-refractivity contribution in [1.29, 1.82) is 0 Å². The summed E-state index contributed by atoms with van der Waals surface area (Å²) in [4.78, 5) is 23.5. The standard InChI is InChI=1S/C17H15FN2O2/c1-12(21)19-16(11-13-5-3-2-4-6-13)17(22)20-15-9-7-14(18)8-10-15/h2-11H,1H3,(H,19,21)(H,20,22). The van der Waals surface area contributed by atoms with Crippen molar-refractivity contribution in [2.45, 2.75) is 6.92 Å². The third-order valence-corrected chi connectivity index (χ3v) is 2.77. The molecule has 4 nitrogen and oxygen atoms in total. The fourth-order valence-corrected chi connectivity index (χ4v) is 1.80. The first kappa shape index (κ1) is 15.4. The summed E-state index contributed by atoms with van der Waals surface area (Å²) in [5, 5.41) is 5.10. The molecule has 2 rings (SSSR count). The molecule has 0 saturated carbocycles. The Morgan fingerprint density at radius 2 is 1.64 bits per heavy atom. The van der Waals surface area contributed by atoms with Crippen LogP contribution in [-0.2, 0) is 9.59 Å². The van der Waals surface area contributed by atoms with Crippen LogP contribution in [0.3, 0.4) is 0 Å². The van der Waals surface area contributed by atoms with Gasteiger partial charge in [-0.2, -0.15) is 0 Å². The second-order valence-corrected chi connectivity index (χ2v) is 4.61. The third kappa shape index (κ3) is 4.56. The van der Waals surface area contributed by atoms with Crippen LogP contribution in [0, 0.1) is 5.82 Å². The Balaban J connectivity index is 2.21. The van der Waals surface area contributed by atoms with Crippen molar-refractivity contribution >= 4 is 23.6 Å². The van der Waals surface area contributed by atoms with Gasteiger partial charge in [0, 0.05) is 12.6 Å². The van der Waals surface area contributed by atoms with Crippen LogP contribution in [0.1, 0.15) is 12.5 Å². The maximum absolute atomic E-state index is 12.9. The Morgan fingerprint density at radius 1 is 1.00 bits per heavy atom. The van der Waals surface area contributed by atoms with Crippen LogP contribution in [-0.4, -0.2) is 11.8 Å². The van der Waals surface area contributed by atoms with E-state index in [0.29, 0.717) is 5.69 Å². The number of rotatable bonds is 4. The summed E-state index contributed by atoms with van der Waals surface area (Å²) in [6, 6.07) is 14.5. The molecule has 0 aliphatic heterocycles. The fourth-order valence-electron chi connectivity index (χ4n) is 1.80. The van der Waals surface area contributed by atoms with Gasteiger partial charge in [0.2, 0.25) is 5.91 Å². The van der Waals surface area contributed by atoms with Crippen molar-refractivity contribution in [3.63, 3.8) is 0 Å². The van der Waals surface area contributed by atoms with E-state index in [1.165, 1.54) is 31.2 Å². The number of amides is 2. The summed E-state index contributed by atoms with van der Waals surface area (Å²) in [5.41, 5.74) is 1.33. The topological polar surface area (TPSA) is 58.2 Å². The van der Waals surface area contributed by atoms with Gasteiger partial charge in [0.25, 0.3) is 5.91 Å². The van der Waals surface area contributed by atoms with Crippen molar-refractivity contribution in [3.8, 4) is 0 Å². The van der Waals surface area contributed by atoms with Crippen LogP contribution in [0.5, 0.6) is 0 Å². The highest BCUT2D eigenvalue weighted by atomic mass is 19.1. The highest BCUT2D eigenvalue weighted by molar-refractivity contribution is 6.08. The van der Waals surface area contributed by atoms with E-state index in [-0.39, 0.29) is 17.4 Å². The fraction of sp³-hybridized carbons (Fsp3) is 0.0588. The van der Waals surface area contributed by atoms with E-state index in [2.05, 4.69) is 10.6 Å². The van der Waals surface area contributed by atoms with E-state index in [1.54, 1.807) is 6.08 Å². The minimum Gasteiger partial charge on any atom is -0.322 e. The van der Waals surface area contributed by atoms with Crippen molar-refractivity contribution in [3.05, 3.63) is 71.7 Å². The van der Waals surface area contributed by atoms with Crippen LogP contribution in [0.4, 0.5) is 10.1 Å². The SMILES string of the molecule is CC(=O)NC(=Cc1ccccc1)C(=O)Nc1ccc(F)cc1. The summed E-state index contributed by atoms with van der Waals surface area (Å²) < 4.78 is 12.9. The maximum Gasteiger partial charge on any atom is 0.272 e. The molecule has 5 heteroatoms. The Kier molecular flexibility index (Phi) is 5.03. The predicted octanol–water partition coefficient (Wildman–Crippen LogP) is 2.94. The first-order chi connectivity index (χ1) is 10.5. The number of carbonyl (C=O) groups excluding carboxylic acids is 2. The largest absolute Gasteiger partial charge is 0.322 e. The van der Waals surface area contributed by atoms with Crippen molar-refractivity contribution < 1.29 is 14.0 Å². The lowest BCUT2D eigenvalue weighted by atomic mass is 10.2. The molecule has 0 aliphatic carbocycles. The van der Waals surface area contributed by atoms with Crippen LogP contribution in [0.2, 0.25) is 0 Å². The van der Waals surface area contributed by atoms with E-state index < -0.39 is 5.91 Å². The number of carbonyl (C=O) groups is 2. The van der Waals surface area contributed by atoms with E-state index in [4.69, 9.17) is 0 Å². The number of halogens is 1. The Labute approximate surface area is 127 Å². The van der Waals surface area contributed by atoms with Crippen molar-refractivity contribution in [2.75, 3.05) is 5.32 Å². The molecule has 0 unspecified atom stereocenters. The molecule has 0 aromatic heterocycles. The number of benzene rings is 2. The van der Waals surface area contributed by atoms with Crippen LogP contribution in [0.25, 0.3) is 6.08 Å². The quantitative estimate of drug-likeness (QED) is 0.853. The molecule has 2 N–H and O–H groups in total. The van der Waals surface area contributed by atoms with Gasteiger partial charge in [-0.3, -0.25) is 9.59 Å². The lowest BCUT2D eigenvalue weighted by molar-refractivity contribution is -0.120. The van der Waals surface area contributed by atoms with Gasteiger partial charge in [-0.05, 0) is 35.9 Å². The van der Waals surface area contributed by atoms with Gasteiger partial charge >= 0.3 is 0 Å². The first-order valence-electron chi connectivity index (χ1n) is 6.66. The van der Waals surface area contributed by atoms with Gasteiger partial charge in [-0.25, -0.2) is 4.39 Å². The molecule has 0 atom stereocenters. The predicted molar refractivity (Wildman–Crippen MR) is 83.3 cm³/mol. The molecular formula is C17H15FN2O2. The highest BCUT2D eigenvalue weighted by Gasteiger charge is 2.11. The minimum atomic E-state index is -0.481. The normalized spacial score (nSPS) is 10.9. The summed E-state index contributed by atoms with van der Waals surface area (Å²) >= 11 is 0. The van der Waals surface area contributed by atoms with Crippen LogP contribution < -0.4 is 10.6 Å². The lowest BCUT2D eigenvalue weighted by Crippen LogP contribution is -2.28. The molecule has 0 saturated heterocycles. The number of anilines is 1. The number of hydrogen-bond acceptors (Lipinski definition) is 2. The van der Waals surface area contributed by atoms with E-state index in [1.807, 2.05) is 30.3 Å². The molecular weight excluding hydrogens is 283 g/mol. The molecule has 112 valence electrons. The Morgan fingerprint density at radius 3 is 2.23 bits per heavy atom. The summed E-state index contributed by atoms with van der Waals surface area (Å²) in [6.45, 7) is 1.32. The summed E-state index contributed by atoms with van der Waals surface area (Å²) in [6.07, 6.45) is 1.57. The molecule has 2 aromatic rings. The van der Waals surface area contributed by atoms with E-state index >= 15 is 0 Å². The second kappa shape index (κ2) is 7.17. The molecule has 2 aromatic carbocycles. The third-order valence-electron chi connectivity index (χ3n) is 2.77. The van der Waals surface area contributed by atoms with Gasteiger partial charge in [0.05, 0.1) is 0 Å². The van der Waals surface area contributed by atoms with E-state index in [0.717, 1.165) is 5.56 Å². The van der Waals surface area contributed by atoms with Crippen molar-refractivity contribution in [2.24, 2.45) is 0 Å². The molecule has 0 bridgehead atoms. The molecule has 0 radical (unpaired) electrons. The molecule has 22 heavy (non-hydrogen) atoms. The lowest BCUT2D eigenvalue weighted by Gasteiger charge is -2.09. The zero-order valence-corrected chi connectivity index (χ0v) is 12.0. The van der Waals surface area contributed by atoms with Gasteiger partial charge in [-0.15, -0.1) is 0 Å². The zero-order valence-electron chi connectivity index (χ0n) is 12.0. The maximum atomic E-state index is 12.9. The first-order valence-corrected chi connectivity index (χ1v) is 6.66. The van der Waals surface area contributed by atoms with Crippen molar-refractivity contribution in [1.82, 2.24) is 5.32 Å². The smallest absolute Gasteiger partial charge is 0.272 e. The molecule has 0 aliphatic rings. The summed E-state index contributed by atoms with van der Waals surface area (Å²) in [7, 11) is 0. The van der Waals surface area contributed by atoms with E-state index in [9.17, 15) is 14.0 Å². The molecule has 2 amide bonds. The minimum absolute atomic E-state index is 0.114.